The zero-order valence-electron chi connectivity index (χ0n) is 10.1. The first-order valence-corrected chi connectivity index (χ1v) is 6.37. The molecule has 0 unspecified atom stereocenters. The van der Waals surface area contributed by atoms with Crippen LogP contribution in [0.4, 0.5) is 4.39 Å². The Morgan fingerprint density at radius 3 is 2.67 bits per heavy atom. The number of rotatable bonds is 7. The van der Waals surface area contributed by atoms with Crippen LogP contribution in [0.15, 0.2) is 18.2 Å². The second kappa shape index (κ2) is 8.06. The first kappa shape index (κ1) is 14.9. The molecule has 1 rings (SSSR count). The fraction of sp³-hybridized carbons (Fsp3) is 0.462. The zero-order chi connectivity index (χ0) is 13.4. The first-order valence-electron chi connectivity index (χ1n) is 6.00. The van der Waals surface area contributed by atoms with Crippen LogP contribution in [-0.4, -0.2) is 24.2 Å². The van der Waals surface area contributed by atoms with E-state index in [1.165, 1.54) is 18.2 Å². The number of halogens is 2. The normalized spacial score (nSPS) is 10.4. The molecule has 100 valence electrons. The Labute approximate surface area is 111 Å². The van der Waals surface area contributed by atoms with Crippen LogP contribution in [0, 0.1) is 5.82 Å². The lowest BCUT2D eigenvalue weighted by atomic mass is 10.1. The van der Waals surface area contributed by atoms with E-state index in [2.05, 4.69) is 5.32 Å². The largest absolute Gasteiger partial charge is 0.396 e. The van der Waals surface area contributed by atoms with Crippen molar-refractivity contribution in [2.45, 2.75) is 25.7 Å². The summed E-state index contributed by atoms with van der Waals surface area (Å²) in [6.45, 7) is 0.673. The minimum Gasteiger partial charge on any atom is -0.396 e. The molecular weight excluding hydrogens is 257 g/mol. The highest BCUT2D eigenvalue weighted by Gasteiger charge is 2.14. The molecule has 1 aromatic rings. The van der Waals surface area contributed by atoms with Gasteiger partial charge in [-0.25, -0.2) is 4.39 Å². The molecule has 5 heteroatoms. The molecule has 0 atom stereocenters. The molecule has 0 fully saturated rings. The number of amides is 1. The summed E-state index contributed by atoms with van der Waals surface area (Å²) in [7, 11) is 0. The molecule has 1 amide bonds. The minimum atomic E-state index is -0.611. The number of hydrogen-bond donors (Lipinski definition) is 2. The molecule has 0 saturated heterocycles. The van der Waals surface area contributed by atoms with Gasteiger partial charge in [-0.2, -0.15) is 0 Å². The van der Waals surface area contributed by atoms with E-state index in [4.69, 9.17) is 16.7 Å². The molecule has 0 aliphatic carbocycles. The van der Waals surface area contributed by atoms with Crippen LogP contribution in [0.3, 0.4) is 0 Å². The first-order chi connectivity index (χ1) is 8.66. The second-order valence-electron chi connectivity index (χ2n) is 3.99. The number of carbonyl (C=O) groups is 1. The quantitative estimate of drug-likeness (QED) is 0.751. The monoisotopic (exact) mass is 273 g/mol. The summed E-state index contributed by atoms with van der Waals surface area (Å²) in [5.74, 6) is -1.10. The van der Waals surface area contributed by atoms with Crippen LogP contribution in [0.2, 0.25) is 5.02 Å². The molecule has 3 nitrogen and oxygen atoms in total. The summed E-state index contributed by atoms with van der Waals surface area (Å²) in [5.41, 5.74) is -0.102. The van der Waals surface area contributed by atoms with E-state index in [0.29, 0.717) is 6.54 Å². The number of hydrogen-bond acceptors (Lipinski definition) is 2. The van der Waals surface area contributed by atoms with Crippen molar-refractivity contribution in [1.82, 2.24) is 5.32 Å². The van der Waals surface area contributed by atoms with Crippen molar-refractivity contribution >= 4 is 17.5 Å². The topological polar surface area (TPSA) is 49.3 Å². The summed E-state index contributed by atoms with van der Waals surface area (Å²) >= 11 is 5.78. The van der Waals surface area contributed by atoms with E-state index in [-0.39, 0.29) is 17.2 Å². The molecule has 0 spiro atoms. The summed E-state index contributed by atoms with van der Waals surface area (Å²) in [6.07, 6.45) is 3.42. The number of unbranched alkanes of at least 4 members (excludes halogenated alkanes) is 3. The maximum absolute atomic E-state index is 13.4. The predicted octanol–water partition coefficient (Wildman–Crippen LogP) is 2.76. The van der Waals surface area contributed by atoms with Crippen molar-refractivity contribution in [1.29, 1.82) is 0 Å². The Morgan fingerprint density at radius 1 is 1.28 bits per heavy atom. The Bertz CT molecular complexity index is 378. The van der Waals surface area contributed by atoms with Gasteiger partial charge in [0.1, 0.15) is 5.82 Å². The van der Waals surface area contributed by atoms with Crippen molar-refractivity contribution in [2.75, 3.05) is 13.2 Å². The third-order valence-electron chi connectivity index (χ3n) is 2.56. The van der Waals surface area contributed by atoms with Crippen molar-refractivity contribution in [3.8, 4) is 0 Å². The standard InChI is InChI=1S/C13H17ClFNO2/c14-10-6-5-7-11(15)12(10)13(18)16-8-3-1-2-4-9-17/h5-7,17H,1-4,8-9H2,(H,16,18). The fourth-order valence-electron chi connectivity index (χ4n) is 1.60. The number of nitrogens with one attached hydrogen (secondary N) is 1. The Balaban J connectivity index is 2.37. The highest BCUT2D eigenvalue weighted by molar-refractivity contribution is 6.33. The van der Waals surface area contributed by atoms with Crippen LogP contribution < -0.4 is 5.32 Å². The van der Waals surface area contributed by atoms with E-state index in [1.807, 2.05) is 0 Å². The lowest BCUT2D eigenvalue weighted by Crippen LogP contribution is -2.25. The second-order valence-corrected chi connectivity index (χ2v) is 4.40. The molecule has 1 aromatic carbocycles. The van der Waals surface area contributed by atoms with E-state index < -0.39 is 11.7 Å². The van der Waals surface area contributed by atoms with E-state index in [9.17, 15) is 9.18 Å². The van der Waals surface area contributed by atoms with Crippen LogP contribution in [0.5, 0.6) is 0 Å². The van der Waals surface area contributed by atoms with Gasteiger partial charge in [-0.05, 0) is 25.0 Å². The molecule has 0 saturated carbocycles. The van der Waals surface area contributed by atoms with Gasteiger partial charge in [0.15, 0.2) is 0 Å². The fourth-order valence-corrected chi connectivity index (χ4v) is 1.84. The molecular formula is C13H17ClFNO2. The summed E-state index contributed by atoms with van der Waals surface area (Å²) < 4.78 is 13.4. The lowest BCUT2D eigenvalue weighted by molar-refractivity contribution is 0.0949. The molecule has 0 radical (unpaired) electrons. The molecule has 2 N–H and O–H groups in total. The highest BCUT2D eigenvalue weighted by atomic mass is 35.5. The highest BCUT2D eigenvalue weighted by Crippen LogP contribution is 2.18. The number of aliphatic hydroxyl groups excluding tert-OH is 1. The molecule has 0 aliphatic heterocycles. The molecule has 0 bridgehead atoms. The van der Waals surface area contributed by atoms with Crippen LogP contribution in [0.25, 0.3) is 0 Å². The summed E-state index contributed by atoms with van der Waals surface area (Å²) in [4.78, 5) is 11.7. The van der Waals surface area contributed by atoms with Crippen molar-refractivity contribution in [2.24, 2.45) is 0 Å². The van der Waals surface area contributed by atoms with Crippen LogP contribution >= 0.6 is 11.6 Å². The summed E-state index contributed by atoms with van der Waals surface area (Å²) in [6, 6.07) is 4.16. The molecule has 0 aromatic heterocycles. The van der Waals surface area contributed by atoms with Crippen LogP contribution in [-0.2, 0) is 0 Å². The smallest absolute Gasteiger partial charge is 0.255 e. The zero-order valence-corrected chi connectivity index (χ0v) is 10.8. The molecule has 18 heavy (non-hydrogen) atoms. The Morgan fingerprint density at radius 2 is 2.00 bits per heavy atom. The van der Waals surface area contributed by atoms with Crippen molar-refractivity contribution in [3.63, 3.8) is 0 Å². The van der Waals surface area contributed by atoms with Crippen molar-refractivity contribution in [3.05, 3.63) is 34.6 Å². The van der Waals surface area contributed by atoms with Gasteiger partial charge in [0, 0.05) is 13.2 Å². The van der Waals surface area contributed by atoms with Crippen molar-refractivity contribution < 1.29 is 14.3 Å². The Hall–Kier alpha value is -1.13. The van der Waals surface area contributed by atoms with Gasteiger partial charge in [0.2, 0.25) is 0 Å². The van der Waals surface area contributed by atoms with Gasteiger partial charge in [-0.3, -0.25) is 4.79 Å². The number of aliphatic hydroxyl groups is 1. The maximum Gasteiger partial charge on any atom is 0.255 e. The Kier molecular flexibility index (Phi) is 6.68. The predicted molar refractivity (Wildman–Crippen MR) is 69.3 cm³/mol. The van der Waals surface area contributed by atoms with Gasteiger partial charge in [-0.15, -0.1) is 0 Å². The molecule has 0 aliphatic rings. The van der Waals surface area contributed by atoms with Gasteiger partial charge in [0.25, 0.3) is 5.91 Å². The number of benzene rings is 1. The van der Waals surface area contributed by atoms with Gasteiger partial charge < -0.3 is 10.4 Å². The minimum absolute atomic E-state index is 0.102. The number of carbonyl (C=O) groups excluding carboxylic acids is 1. The van der Waals surface area contributed by atoms with E-state index in [1.54, 1.807) is 0 Å². The van der Waals surface area contributed by atoms with Gasteiger partial charge >= 0.3 is 0 Å². The molecule has 0 heterocycles. The lowest BCUT2D eigenvalue weighted by Gasteiger charge is -2.07. The van der Waals surface area contributed by atoms with Gasteiger partial charge in [0.05, 0.1) is 10.6 Å². The summed E-state index contributed by atoms with van der Waals surface area (Å²) in [5, 5.41) is 11.3. The van der Waals surface area contributed by atoms with E-state index >= 15 is 0 Å². The average Bonchev–Trinajstić information content (AvgIpc) is 2.33. The maximum atomic E-state index is 13.4. The van der Waals surface area contributed by atoms with Crippen LogP contribution in [0.1, 0.15) is 36.0 Å². The van der Waals surface area contributed by atoms with E-state index in [0.717, 1.165) is 25.7 Å². The third kappa shape index (κ3) is 4.63. The van der Waals surface area contributed by atoms with Gasteiger partial charge in [-0.1, -0.05) is 30.5 Å². The third-order valence-corrected chi connectivity index (χ3v) is 2.88. The SMILES string of the molecule is O=C(NCCCCCCO)c1c(F)cccc1Cl. The average molecular weight is 274 g/mol.